The monoisotopic (exact) mass is 230 g/mol. The molecule has 1 heterocycles. The number of aryl methyl sites for hydroxylation is 2. The van der Waals surface area contributed by atoms with Crippen LogP contribution in [0.3, 0.4) is 0 Å². The summed E-state index contributed by atoms with van der Waals surface area (Å²) >= 11 is 5.99. The zero-order valence-corrected chi connectivity index (χ0v) is 10.1. The fraction of sp³-hybridized carbons (Fsp3) is 0.600. The highest BCUT2D eigenvalue weighted by Gasteiger charge is 2.26. The topological polar surface area (TPSA) is 55.1 Å². The van der Waals surface area contributed by atoms with Crippen molar-refractivity contribution in [1.82, 2.24) is 9.78 Å². The SMILES string of the molecule is Cc1nn(C)c(CC(=O)C(C)(C)O)c1Cl. The standard InChI is InChI=1S/C10H15ClN2O2/c1-6-9(11)7(13(4)12-6)5-8(14)10(2,3)15/h15H,5H2,1-4H3. The average molecular weight is 231 g/mol. The first-order valence-corrected chi connectivity index (χ1v) is 5.05. The van der Waals surface area contributed by atoms with Crippen molar-refractivity contribution in [3.63, 3.8) is 0 Å². The molecular formula is C10H15ClN2O2. The van der Waals surface area contributed by atoms with Crippen LogP contribution in [0.15, 0.2) is 0 Å². The molecule has 0 bridgehead atoms. The van der Waals surface area contributed by atoms with Crippen molar-refractivity contribution in [1.29, 1.82) is 0 Å². The summed E-state index contributed by atoms with van der Waals surface area (Å²) in [6, 6.07) is 0. The van der Waals surface area contributed by atoms with E-state index in [-0.39, 0.29) is 12.2 Å². The van der Waals surface area contributed by atoms with Crippen molar-refractivity contribution in [3.05, 3.63) is 16.4 Å². The van der Waals surface area contributed by atoms with Gasteiger partial charge in [-0.1, -0.05) is 11.6 Å². The van der Waals surface area contributed by atoms with Crippen LogP contribution in [0, 0.1) is 6.92 Å². The maximum atomic E-state index is 11.6. The van der Waals surface area contributed by atoms with E-state index in [1.165, 1.54) is 13.8 Å². The summed E-state index contributed by atoms with van der Waals surface area (Å²) in [5.74, 6) is -0.271. The van der Waals surface area contributed by atoms with Crippen molar-refractivity contribution < 1.29 is 9.90 Å². The molecule has 0 amide bonds. The number of Topliss-reactive ketones (excluding diaryl/α,β-unsaturated/α-hetero) is 1. The first-order valence-electron chi connectivity index (χ1n) is 4.67. The van der Waals surface area contributed by atoms with Gasteiger partial charge in [-0.05, 0) is 20.8 Å². The van der Waals surface area contributed by atoms with Gasteiger partial charge in [0.1, 0.15) is 5.60 Å². The molecule has 0 aliphatic heterocycles. The van der Waals surface area contributed by atoms with Crippen LogP contribution < -0.4 is 0 Å². The summed E-state index contributed by atoms with van der Waals surface area (Å²) in [5.41, 5.74) is 0.000570. The van der Waals surface area contributed by atoms with E-state index in [1.807, 2.05) is 0 Å². The normalized spacial score (nSPS) is 11.9. The van der Waals surface area contributed by atoms with E-state index in [0.717, 1.165) is 0 Å². The lowest BCUT2D eigenvalue weighted by atomic mass is 10.00. The first-order chi connectivity index (χ1) is 6.73. The number of hydrogen-bond donors (Lipinski definition) is 1. The summed E-state index contributed by atoms with van der Waals surface area (Å²) in [6.07, 6.45) is 0.0969. The van der Waals surface area contributed by atoms with Crippen LogP contribution in [-0.2, 0) is 18.3 Å². The number of nitrogens with zero attached hydrogens (tertiary/aromatic N) is 2. The third-order valence-electron chi connectivity index (χ3n) is 2.27. The summed E-state index contributed by atoms with van der Waals surface area (Å²) < 4.78 is 1.57. The van der Waals surface area contributed by atoms with Gasteiger partial charge in [0.05, 0.1) is 22.8 Å². The molecular weight excluding hydrogens is 216 g/mol. The zero-order valence-electron chi connectivity index (χ0n) is 9.33. The number of carbonyl (C=O) groups is 1. The second-order valence-corrected chi connectivity index (χ2v) is 4.51. The van der Waals surface area contributed by atoms with Crippen molar-refractivity contribution >= 4 is 17.4 Å². The molecule has 1 rings (SSSR count). The van der Waals surface area contributed by atoms with Gasteiger partial charge in [-0.15, -0.1) is 0 Å². The van der Waals surface area contributed by atoms with E-state index in [2.05, 4.69) is 5.10 Å². The summed E-state index contributed by atoms with van der Waals surface area (Å²) in [4.78, 5) is 11.6. The fourth-order valence-electron chi connectivity index (χ4n) is 1.24. The minimum Gasteiger partial charge on any atom is -0.383 e. The van der Waals surface area contributed by atoms with E-state index >= 15 is 0 Å². The summed E-state index contributed by atoms with van der Waals surface area (Å²) in [6.45, 7) is 4.71. The van der Waals surface area contributed by atoms with Crippen molar-refractivity contribution in [2.45, 2.75) is 32.8 Å². The minimum absolute atomic E-state index is 0.0969. The molecule has 0 spiro atoms. The van der Waals surface area contributed by atoms with E-state index < -0.39 is 5.60 Å². The van der Waals surface area contributed by atoms with Crippen LogP contribution >= 0.6 is 11.6 Å². The summed E-state index contributed by atoms with van der Waals surface area (Å²) in [5, 5.41) is 14.1. The zero-order chi connectivity index (χ0) is 11.8. The lowest BCUT2D eigenvalue weighted by Crippen LogP contribution is -2.33. The predicted molar refractivity (Wildman–Crippen MR) is 58.0 cm³/mol. The van der Waals surface area contributed by atoms with Crippen molar-refractivity contribution in [3.8, 4) is 0 Å². The molecule has 0 aromatic carbocycles. The molecule has 0 saturated carbocycles. The predicted octanol–water partition coefficient (Wildman–Crippen LogP) is 1.26. The molecule has 1 aromatic rings. The Bertz CT molecular complexity index is 391. The van der Waals surface area contributed by atoms with Gasteiger partial charge in [0.2, 0.25) is 0 Å². The smallest absolute Gasteiger partial charge is 0.169 e. The molecule has 0 fully saturated rings. The first kappa shape index (κ1) is 12.2. The highest BCUT2D eigenvalue weighted by molar-refractivity contribution is 6.32. The molecule has 1 N–H and O–H groups in total. The van der Waals surface area contributed by atoms with Gasteiger partial charge in [-0.2, -0.15) is 5.10 Å². The molecule has 84 valence electrons. The van der Waals surface area contributed by atoms with E-state index in [0.29, 0.717) is 16.4 Å². The minimum atomic E-state index is -1.33. The largest absolute Gasteiger partial charge is 0.383 e. The molecule has 0 saturated heterocycles. The highest BCUT2D eigenvalue weighted by Crippen LogP contribution is 2.21. The molecule has 15 heavy (non-hydrogen) atoms. The van der Waals surface area contributed by atoms with Crippen LogP contribution in [0.2, 0.25) is 5.02 Å². The van der Waals surface area contributed by atoms with Gasteiger partial charge >= 0.3 is 0 Å². The molecule has 0 aliphatic carbocycles. The molecule has 0 unspecified atom stereocenters. The lowest BCUT2D eigenvalue weighted by Gasteiger charge is -2.15. The van der Waals surface area contributed by atoms with Gasteiger partial charge in [0, 0.05) is 7.05 Å². The van der Waals surface area contributed by atoms with Crippen LogP contribution in [0.5, 0.6) is 0 Å². The lowest BCUT2D eigenvalue weighted by molar-refractivity contribution is -0.133. The third kappa shape index (κ3) is 2.58. The maximum absolute atomic E-state index is 11.6. The number of halogens is 1. The van der Waals surface area contributed by atoms with Crippen LogP contribution in [0.1, 0.15) is 25.2 Å². The maximum Gasteiger partial charge on any atom is 0.169 e. The number of aromatic nitrogens is 2. The molecule has 0 atom stereocenters. The molecule has 4 nitrogen and oxygen atoms in total. The van der Waals surface area contributed by atoms with Gasteiger partial charge in [0.15, 0.2) is 5.78 Å². The molecule has 0 radical (unpaired) electrons. The van der Waals surface area contributed by atoms with E-state index in [1.54, 1.807) is 18.7 Å². The van der Waals surface area contributed by atoms with Crippen LogP contribution in [-0.4, -0.2) is 26.3 Å². The van der Waals surface area contributed by atoms with Gasteiger partial charge < -0.3 is 5.11 Å². The van der Waals surface area contributed by atoms with Crippen molar-refractivity contribution in [2.24, 2.45) is 7.05 Å². The number of carbonyl (C=O) groups excluding carboxylic acids is 1. The highest BCUT2D eigenvalue weighted by atomic mass is 35.5. The number of aliphatic hydroxyl groups is 1. The van der Waals surface area contributed by atoms with Crippen LogP contribution in [0.25, 0.3) is 0 Å². The second-order valence-electron chi connectivity index (χ2n) is 4.13. The van der Waals surface area contributed by atoms with Crippen LogP contribution in [0.4, 0.5) is 0 Å². The Kier molecular flexibility index (Phi) is 3.21. The Morgan fingerprint density at radius 2 is 2.13 bits per heavy atom. The Balaban J connectivity index is 2.95. The quantitative estimate of drug-likeness (QED) is 0.851. The van der Waals surface area contributed by atoms with Gasteiger partial charge in [-0.3, -0.25) is 9.48 Å². The average Bonchev–Trinajstić information content (AvgIpc) is 2.30. The van der Waals surface area contributed by atoms with E-state index in [4.69, 9.17) is 11.6 Å². The van der Waals surface area contributed by atoms with Gasteiger partial charge in [0.25, 0.3) is 0 Å². The Labute approximate surface area is 93.9 Å². The molecule has 5 heteroatoms. The Morgan fingerprint density at radius 3 is 2.47 bits per heavy atom. The van der Waals surface area contributed by atoms with E-state index in [9.17, 15) is 9.90 Å². The van der Waals surface area contributed by atoms with Gasteiger partial charge in [-0.25, -0.2) is 0 Å². The Morgan fingerprint density at radius 1 is 1.60 bits per heavy atom. The second kappa shape index (κ2) is 3.94. The summed E-state index contributed by atoms with van der Waals surface area (Å²) in [7, 11) is 1.73. The fourth-order valence-corrected chi connectivity index (χ4v) is 1.47. The number of hydrogen-bond acceptors (Lipinski definition) is 3. The number of ketones is 1. The molecule has 0 aliphatic rings. The van der Waals surface area contributed by atoms with Crippen molar-refractivity contribution in [2.75, 3.05) is 0 Å². The number of rotatable bonds is 3. The third-order valence-corrected chi connectivity index (χ3v) is 2.76. The molecule has 1 aromatic heterocycles. The Hall–Kier alpha value is -0.870.